The summed E-state index contributed by atoms with van der Waals surface area (Å²) in [6.07, 6.45) is 0.485. The van der Waals surface area contributed by atoms with Crippen molar-refractivity contribution in [1.82, 2.24) is 4.31 Å². The van der Waals surface area contributed by atoms with Gasteiger partial charge in [0, 0.05) is 13.1 Å². The number of aliphatic hydroxyl groups excluding tert-OH is 1. The van der Waals surface area contributed by atoms with Gasteiger partial charge in [0.05, 0.1) is 21.6 Å². The van der Waals surface area contributed by atoms with Crippen LogP contribution >= 0.6 is 11.6 Å². The molecular formula is C12H14ClNO5S. The zero-order valence-electron chi connectivity index (χ0n) is 10.5. The lowest BCUT2D eigenvalue weighted by molar-refractivity contribution is 0.0697. The maximum atomic E-state index is 12.4. The van der Waals surface area contributed by atoms with Gasteiger partial charge in [-0.15, -0.1) is 0 Å². The first kappa shape index (κ1) is 15.2. The molecule has 0 amide bonds. The predicted octanol–water partition coefficient (Wildman–Crippen LogP) is 1.18. The number of rotatable bonds is 3. The Kier molecular flexibility index (Phi) is 4.33. The Bertz CT molecular complexity index is 631. The number of hydrogen-bond donors (Lipinski definition) is 2. The van der Waals surface area contributed by atoms with E-state index in [0.29, 0.717) is 19.4 Å². The summed E-state index contributed by atoms with van der Waals surface area (Å²) in [6.45, 7) is 0.373. The first-order valence-electron chi connectivity index (χ1n) is 6.03. The van der Waals surface area contributed by atoms with Gasteiger partial charge in [0.2, 0.25) is 10.0 Å². The summed E-state index contributed by atoms with van der Waals surface area (Å²) < 4.78 is 25.9. The van der Waals surface area contributed by atoms with Crippen LogP contribution in [0.2, 0.25) is 5.02 Å². The number of aliphatic hydroxyl groups is 1. The van der Waals surface area contributed by atoms with Gasteiger partial charge >= 0.3 is 5.97 Å². The number of carbonyl (C=O) groups is 1. The number of nitrogens with zero attached hydrogens (tertiary/aromatic N) is 1. The average Bonchev–Trinajstić information content (AvgIpc) is 2.38. The van der Waals surface area contributed by atoms with Crippen LogP contribution in [0.15, 0.2) is 23.1 Å². The summed E-state index contributed by atoms with van der Waals surface area (Å²) in [5.74, 6) is -1.22. The van der Waals surface area contributed by atoms with E-state index in [-0.39, 0.29) is 22.0 Å². The molecule has 6 nitrogen and oxygen atoms in total. The molecule has 2 N–H and O–H groups in total. The summed E-state index contributed by atoms with van der Waals surface area (Å²) in [4.78, 5) is 10.8. The smallest absolute Gasteiger partial charge is 0.337 e. The molecule has 0 bridgehead atoms. The van der Waals surface area contributed by atoms with Gasteiger partial charge < -0.3 is 10.2 Å². The molecule has 0 spiro atoms. The third-order valence-electron chi connectivity index (χ3n) is 3.17. The second-order valence-corrected chi connectivity index (χ2v) is 6.95. The Hall–Kier alpha value is -1.15. The van der Waals surface area contributed by atoms with E-state index >= 15 is 0 Å². The monoisotopic (exact) mass is 319 g/mol. The molecule has 1 fully saturated rings. The minimum absolute atomic E-state index is 0.0423. The van der Waals surface area contributed by atoms with Gasteiger partial charge in [0.1, 0.15) is 0 Å². The molecular weight excluding hydrogens is 306 g/mol. The summed E-state index contributed by atoms with van der Waals surface area (Å²) in [7, 11) is -3.76. The van der Waals surface area contributed by atoms with Crippen molar-refractivity contribution in [1.29, 1.82) is 0 Å². The molecule has 0 radical (unpaired) electrons. The van der Waals surface area contributed by atoms with Crippen LogP contribution in [0.25, 0.3) is 0 Å². The van der Waals surface area contributed by atoms with E-state index in [9.17, 15) is 18.3 Å². The van der Waals surface area contributed by atoms with Gasteiger partial charge in [0.15, 0.2) is 0 Å². The number of sulfonamides is 1. The number of halogens is 1. The maximum absolute atomic E-state index is 12.4. The number of aromatic carboxylic acids is 1. The van der Waals surface area contributed by atoms with Crippen LogP contribution in [0.3, 0.4) is 0 Å². The molecule has 2 rings (SSSR count). The average molecular weight is 320 g/mol. The van der Waals surface area contributed by atoms with Crippen LogP contribution in [-0.4, -0.2) is 48.1 Å². The molecule has 0 aliphatic carbocycles. The molecule has 1 atom stereocenters. The van der Waals surface area contributed by atoms with Crippen LogP contribution in [0.5, 0.6) is 0 Å². The van der Waals surface area contributed by atoms with E-state index in [2.05, 4.69) is 0 Å². The van der Waals surface area contributed by atoms with Crippen molar-refractivity contribution in [2.45, 2.75) is 23.8 Å². The predicted molar refractivity (Wildman–Crippen MR) is 72.4 cm³/mol. The number of carboxylic acids is 1. The third-order valence-corrected chi connectivity index (χ3v) is 5.34. The Morgan fingerprint density at radius 2 is 2.10 bits per heavy atom. The molecule has 1 unspecified atom stereocenters. The van der Waals surface area contributed by atoms with Crippen molar-refractivity contribution >= 4 is 27.6 Å². The fourth-order valence-corrected chi connectivity index (χ4v) is 3.99. The molecule has 1 aromatic rings. The molecule has 1 heterocycles. The molecule has 1 aromatic carbocycles. The number of piperidine rings is 1. The first-order valence-corrected chi connectivity index (χ1v) is 7.85. The van der Waals surface area contributed by atoms with Gasteiger partial charge in [-0.1, -0.05) is 11.6 Å². The van der Waals surface area contributed by atoms with E-state index in [1.807, 2.05) is 0 Å². The minimum Gasteiger partial charge on any atom is -0.478 e. The van der Waals surface area contributed by atoms with Crippen molar-refractivity contribution in [2.24, 2.45) is 0 Å². The van der Waals surface area contributed by atoms with E-state index in [0.717, 1.165) is 12.1 Å². The van der Waals surface area contributed by atoms with Crippen molar-refractivity contribution in [3.63, 3.8) is 0 Å². The van der Waals surface area contributed by atoms with Crippen LogP contribution in [-0.2, 0) is 10.0 Å². The fourth-order valence-electron chi connectivity index (χ4n) is 2.12. The van der Waals surface area contributed by atoms with E-state index in [1.54, 1.807) is 0 Å². The van der Waals surface area contributed by atoms with Crippen molar-refractivity contribution in [3.8, 4) is 0 Å². The molecule has 8 heteroatoms. The number of hydrogen-bond acceptors (Lipinski definition) is 4. The summed E-state index contributed by atoms with van der Waals surface area (Å²) in [5, 5.41) is 18.3. The van der Waals surface area contributed by atoms with Crippen molar-refractivity contribution in [3.05, 3.63) is 28.8 Å². The second kappa shape index (κ2) is 5.69. The molecule has 1 aliphatic rings. The SMILES string of the molecule is O=C(O)c1ccc(S(=O)(=O)N2CCCC(O)C2)cc1Cl. The quantitative estimate of drug-likeness (QED) is 0.872. The fraction of sp³-hybridized carbons (Fsp3) is 0.417. The topological polar surface area (TPSA) is 94.9 Å². The molecule has 0 aromatic heterocycles. The van der Waals surface area contributed by atoms with Gasteiger partial charge in [0.25, 0.3) is 0 Å². The highest BCUT2D eigenvalue weighted by atomic mass is 35.5. The lowest BCUT2D eigenvalue weighted by atomic mass is 10.1. The zero-order valence-corrected chi connectivity index (χ0v) is 12.1. The normalized spacial score (nSPS) is 20.8. The standard InChI is InChI=1S/C12H14ClNO5S/c13-11-6-9(3-4-10(11)12(16)17)20(18,19)14-5-1-2-8(15)7-14/h3-4,6,8,15H,1-2,5,7H2,(H,16,17). The van der Waals surface area contributed by atoms with Crippen LogP contribution < -0.4 is 0 Å². The van der Waals surface area contributed by atoms with Crippen LogP contribution in [0.1, 0.15) is 23.2 Å². The van der Waals surface area contributed by atoms with Crippen molar-refractivity contribution < 1.29 is 23.4 Å². The zero-order chi connectivity index (χ0) is 14.9. The summed E-state index contributed by atoms with van der Waals surface area (Å²) in [6, 6.07) is 3.50. The Labute approximate surface area is 121 Å². The highest BCUT2D eigenvalue weighted by Crippen LogP contribution is 2.25. The highest BCUT2D eigenvalue weighted by molar-refractivity contribution is 7.89. The minimum atomic E-state index is -3.76. The number of β-amino-alcohol motifs (C(OH)–C–C–N with tert-alkyl or cyclic N) is 1. The largest absolute Gasteiger partial charge is 0.478 e. The van der Waals surface area contributed by atoms with E-state index < -0.39 is 22.1 Å². The van der Waals surface area contributed by atoms with Crippen molar-refractivity contribution in [2.75, 3.05) is 13.1 Å². The Balaban J connectivity index is 2.34. The van der Waals surface area contributed by atoms with Gasteiger partial charge in [-0.05, 0) is 31.0 Å². The molecule has 1 saturated heterocycles. The van der Waals surface area contributed by atoms with E-state index in [1.165, 1.54) is 10.4 Å². The Morgan fingerprint density at radius 3 is 2.65 bits per heavy atom. The number of benzene rings is 1. The third kappa shape index (κ3) is 2.95. The van der Waals surface area contributed by atoms with Gasteiger partial charge in [-0.25, -0.2) is 13.2 Å². The van der Waals surface area contributed by atoms with Crippen LogP contribution in [0, 0.1) is 0 Å². The van der Waals surface area contributed by atoms with E-state index in [4.69, 9.17) is 16.7 Å². The molecule has 110 valence electrons. The second-order valence-electron chi connectivity index (χ2n) is 4.61. The van der Waals surface area contributed by atoms with Gasteiger partial charge in [-0.2, -0.15) is 4.31 Å². The molecule has 20 heavy (non-hydrogen) atoms. The number of carboxylic acid groups (broad SMARTS) is 1. The molecule has 0 saturated carbocycles. The lowest BCUT2D eigenvalue weighted by Gasteiger charge is -2.29. The summed E-state index contributed by atoms with van der Waals surface area (Å²) >= 11 is 5.78. The summed E-state index contributed by atoms with van der Waals surface area (Å²) in [5.41, 5.74) is -0.149. The Morgan fingerprint density at radius 1 is 1.40 bits per heavy atom. The maximum Gasteiger partial charge on any atom is 0.337 e. The first-order chi connectivity index (χ1) is 9.32. The highest BCUT2D eigenvalue weighted by Gasteiger charge is 2.30. The van der Waals surface area contributed by atoms with Gasteiger partial charge in [-0.3, -0.25) is 0 Å². The molecule has 1 aliphatic heterocycles. The van der Waals surface area contributed by atoms with Crippen LogP contribution in [0.4, 0.5) is 0 Å². The lowest BCUT2D eigenvalue weighted by Crippen LogP contribution is -2.42.